The molecule has 0 saturated heterocycles. The van der Waals surface area contributed by atoms with Crippen LogP contribution in [-0.2, 0) is 0 Å². The van der Waals surface area contributed by atoms with E-state index in [1.807, 2.05) is 16.3 Å². The fourth-order valence-corrected chi connectivity index (χ4v) is 4.10. The molecule has 1 aromatic carbocycles. The van der Waals surface area contributed by atoms with Gasteiger partial charge in [-0.1, -0.05) is 42.8 Å². The third-order valence-electron chi connectivity index (χ3n) is 4.48. The topological polar surface area (TPSA) is 49.0 Å². The minimum absolute atomic E-state index is 0.0245. The second kappa shape index (κ2) is 5.91. The fourth-order valence-electron chi connectivity index (χ4n) is 3.36. The zero-order valence-corrected chi connectivity index (χ0v) is 14.6. The summed E-state index contributed by atoms with van der Waals surface area (Å²) >= 11 is 1.66. The van der Waals surface area contributed by atoms with Crippen LogP contribution in [-0.4, -0.2) is 27.5 Å². The number of carbonyl (C=O) groups excluding carboxylic acids is 1. The lowest BCUT2D eigenvalue weighted by atomic mass is 9.97. The van der Waals surface area contributed by atoms with Crippen molar-refractivity contribution in [3.63, 3.8) is 0 Å². The first kappa shape index (κ1) is 15.1. The lowest BCUT2D eigenvalue weighted by Crippen LogP contribution is -2.30. The third kappa shape index (κ3) is 2.27. The van der Waals surface area contributed by atoms with Gasteiger partial charge in [0.05, 0.1) is 16.6 Å². The minimum atomic E-state index is -0.0658. The number of nitrogens with one attached hydrogen (secondary N) is 1. The SMILES string of the molecule is CCCN1C(=O)c2n[nH]c(-c3cccs3)c2[C@@H]1c1ccc(C)cc1. The molecule has 0 aliphatic carbocycles. The lowest BCUT2D eigenvalue weighted by molar-refractivity contribution is 0.0744. The monoisotopic (exact) mass is 337 g/mol. The summed E-state index contributed by atoms with van der Waals surface area (Å²) in [5, 5.41) is 9.49. The van der Waals surface area contributed by atoms with E-state index in [2.05, 4.69) is 54.4 Å². The van der Waals surface area contributed by atoms with Crippen LogP contribution in [0.5, 0.6) is 0 Å². The smallest absolute Gasteiger partial charge is 0.275 e. The standard InChI is InChI=1S/C19H19N3OS/c1-3-10-22-18(13-8-6-12(2)7-9-13)15-16(14-5-4-11-24-14)20-21-17(15)19(22)23/h4-9,11,18H,3,10H2,1-2H3,(H,20,21)/t18-/m0/s1. The maximum Gasteiger partial charge on any atom is 0.275 e. The van der Waals surface area contributed by atoms with Crippen molar-refractivity contribution < 1.29 is 4.79 Å². The summed E-state index contributed by atoms with van der Waals surface area (Å²) in [6.07, 6.45) is 0.927. The Labute approximate surface area is 145 Å². The fraction of sp³-hybridized carbons (Fsp3) is 0.263. The number of carbonyl (C=O) groups is 1. The highest BCUT2D eigenvalue weighted by atomic mass is 32.1. The number of benzene rings is 1. The van der Waals surface area contributed by atoms with Crippen molar-refractivity contribution in [1.82, 2.24) is 15.1 Å². The van der Waals surface area contributed by atoms with Gasteiger partial charge in [0.25, 0.3) is 5.91 Å². The first-order valence-electron chi connectivity index (χ1n) is 8.20. The van der Waals surface area contributed by atoms with Crippen LogP contribution in [0.2, 0.25) is 0 Å². The van der Waals surface area contributed by atoms with Gasteiger partial charge in [0.2, 0.25) is 0 Å². The largest absolute Gasteiger partial charge is 0.326 e. The van der Waals surface area contributed by atoms with Crippen molar-refractivity contribution in [3.8, 4) is 10.6 Å². The number of nitrogens with zero attached hydrogens (tertiary/aromatic N) is 2. The van der Waals surface area contributed by atoms with E-state index in [0.717, 1.165) is 34.7 Å². The van der Waals surface area contributed by atoms with Gasteiger partial charge in [-0.2, -0.15) is 5.10 Å². The summed E-state index contributed by atoms with van der Waals surface area (Å²) in [5.74, 6) is 0.0245. The summed E-state index contributed by atoms with van der Waals surface area (Å²) in [6, 6.07) is 12.5. The number of aromatic nitrogens is 2. The van der Waals surface area contributed by atoms with Gasteiger partial charge in [0, 0.05) is 12.1 Å². The van der Waals surface area contributed by atoms with Gasteiger partial charge in [-0.25, -0.2) is 0 Å². The van der Waals surface area contributed by atoms with Crippen molar-refractivity contribution in [1.29, 1.82) is 0 Å². The Morgan fingerprint density at radius 2 is 2.04 bits per heavy atom. The van der Waals surface area contributed by atoms with E-state index in [-0.39, 0.29) is 11.9 Å². The highest BCUT2D eigenvalue weighted by Crippen LogP contribution is 2.43. The molecular weight excluding hydrogens is 318 g/mol. The number of hydrogen-bond acceptors (Lipinski definition) is 3. The van der Waals surface area contributed by atoms with Gasteiger partial charge in [-0.05, 0) is 30.4 Å². The molecule has 1 N–H and O–H groups in total. The van der Waals surface area contributed by atoms with Crippen LogP contribution >= 0.6 is 11.3 Å². The van der Waals surface area contributed by atoms with Crippen LogP contribution in [0.15, 0.2) is 41.8 Å². The Hall–Kier alpha value is -2.40. The van der Waals surface area contributed by atoms with E-state index < -0.39 is 0 Å². The maximum absolute atomic E-state index is 12.9. The van der Waals surface area contributed by atoms with E-state index in [1.54, 1.807) is 11.3 Å². The zero-order valence-electron chi connectivity index (χ0n) is 13.7. The Morgan fingerprint density at radius 3 is 2.71 bits per heavy atom. The van der Waals surface area contributed by atoms with Crippen LogP contribution in [0.1, 0.15) is 46.6 Å². The molecule has 24 heavy (non-hydrogen) atoms. The highest BCUT2D eigenvalue weighted by Gasteiger charge is 2.42. The molecule has 2 aromatic heterocycles. The summed E-state index contributed by atoms with van der Waals surface area (Å²) in [5.41, 5.74) is 4.91. The van der Waals surface area contributed by atoms with Gasteiger partial charge in [-0.15, -0.1) is 11.3 Å². The second-order valence-electron chi connectivity index (χ2n) is 6.15. The van der Waals surface area contributed by atoms with E-state index in [0.29, 0.717) is 5.69 Å². The number of fused-ring (bicyclic) bond motifs is 1. The van der Waals surface area contributed by atoms with Gasteiger partial charge in [0.15, 0.2) is 5.69 Å². The van der Waals surface area contributed by atoms with E-state index in [1.165, 1.54) is 5.56 Å². The number of H-pyrrole nitrogens is 1. The molecule has 0 radical (unpaired) electrons. The molecule has 0 fully saturated rings. The number of aryl methyl sites for hydroxylation is 1. The third-order valence-corrected chi connectivity index (χ3v) is 5.37. The molecular formula is C19H19N3OS. The molecule has 1 atom stereocenters. The molecule has 4 rings (SSSR count). The predicted octanol–water partition coefficient (Wildman–Crippen LogP) is 4.40. The van der Waals surface area contributed by atoms with Crippen molar-refractivity contribution in [2.75, 3.05) is 6.54 Å². The van der Waals surface area contributed by atoms with Crippen molar-refractivity contribution in [2.24, 2.45) is 0 Å². The van der Waals surface area contributed by atoms with Gasteiger partial charge in [0.1, 0.15) is 0 Å². The molecule has 0 bridgehead atoms. The van der Waals surface area contributed by atoms with E-state index in [4.69, 9.17) is 0 Å². The van der Waals surface area contributed by atoms with E-state index >= 15 is 0 Å². The molecule has 1 amide bonds. The molecule has 0 unspecified atom stereocenters. The molecule has 5 heteroatoms. The summed E-state index contributed by atoms with van der Waals surface area (Å²) < 4.78 is 0. The quantitative estimate of drug-likeness (QED) is 0.767. The zero-order chi connectivity index (χ0) is 16.7. The molecule has 3 heterocycles. The Balaban J connectivity index is 1.89. The van der Waals surface area contributed by atoms with Crippen molar-refractivity contribution in [2.45, 2.75) is 26.3 Å². The van der Waals surface area contributed by atoms with Crippen molar-refractivity contribution >= 4 is 17.2 Å². The van der Waals surface area contributed by atoms with Crippen molar-refractivity contribution in [3.05, 3.63) is 64.2 Å². The molecule has 0 saturated carbocycles. The Bertz CT molecular complexity index is 865. The first-order valence-corrected chi connectivity index (χ1v) is 9.08. The minimum Gasteiger partial charge on any atom is -0.326 e. The summed E-state index contributed by atoms with van der Waals surface area (Å²) in [4.78, 5) is 15.9. The Kier molecular flexibility index (Phi) is 3.73. The average molecular weight is 337 g/mol. The highest BCUT2D eigenvalue weighted by molar-refractivity contribution is 7.13. The first-order chi connectivity index (χ1) is 11.7. The average Bonchev–Trinajstić information content (AvgIpc) is 3.28. The normalized spacial score (nSPS) is 16.7. The summed E-state index contributed by atoms with van der Waals surface area (Å²) in [6.45, 7) is 4.91. The second-order valence-corrected chi connectivity index (χ2v) is 7.10. The lowest BCUT2D eigenvalue weighted by Gasteiger charge is -2.26. The number of thiophene rings is 1. The maximum atomic E-state index is 12.9. The molecule has 1 aliphatic rings. The molecule has 122 valence electrons. The number of hydrogen-bond donors (Lipinski definition) is 1. The summed E-state index contributed by atoms with van der Waals surface area (Å²) in [7, 11) is 0. The Morgan fingerprint density at radius 1 is 1.25 bits per heavy atom. The van der Waals surface area contributed by atoms with E-state index in [9.17, 15) is 4.79 Å². The van der Waals surface area contributed by atoms with Crippen LogP contribution in [0, 0.1) is 6.92 Å². The van der Waals surface area contributed by atoms with Crippen LogP contribution in [0.4, 0.5) is 0 Å². The predicted molar refractivity (Wildman–Crippen MR) is 96.3 cm³/mol. The van der Waals surface area contributed by atoms with Crippen LogP contribution < -0.4 is 0 Å². The van der Waals surface area contributed by atoms with Gasteiger partial charge < -0.3 is 4.90 Å². The van der Waals surface area contributed by atoms with Crippen LogP contribution in [0.3, 0.4) is 0 Å². The number of rotatable bonds is 4. The van der Waals surface area contributed by atoms with Gasteiger partial charge >= 0.3 is 0 Å². The molecule has 0 spiro atoms. The molecule has 4 nitrogen and oxygen atoms in total. The van der Waals surface area contributed by atoms with Crippen LogP contribution in [0.25, 0.3) is 10.6 Å². The van der Waals surface area contributed by atoms with Gasteiger partial charge in [-0.3, -0.25) is 9.89 Å². The molecule has 1 aliphatic heterocycles. The molecule has 3 aromatic rings. The number of aromatic amines is 1. The number of amides is 1.